The second kappa shape index (κ2) is 5.94. The Morgan fingerprint density at radius 3 is 2.62 bits per heavy atom. The molecule has 2 aliphatic rings. The summed E-state index contributed by atoms with van der Waals surface area (Å²) in [6, 6.07) is 7.27. The van der Waals surface area contributed by atoms with Gasteiger partial charge in [0.05, 0.1) is 17.0 Å². The number of anilines is 1. The van der Waals surface area contributed by atoms with Crippen LogP contribution in [-0.2, 0) is 14.8 Å². The van der Waals surface area contributed by atoms with Gasteiger partial charge in [-0.25, -0.2) is 8.42 Å². The summed E-state index contributed by atoms with van der Waals surface area (Å²) in [6.07, 6.45) is 1.76. The highest BCUT2D eigenvalue weighted by Crippen LogP contribution is 2.36. The van der Waals surface area contributed by atoms with Gasteiger partial charge in [0.25, 0.3) is 0 Å². The second-order valence-corrected chi connectivity index (χ2v) is 7.78. The van der Waals surface area contributed by atoms with Gasteiger partial charge in [0.1, 0.15) is 0 Å². The average molecular weight is 311 g/mol. The predicted octanol–water partition coefficient (Wildman–Crippen LogP) is 1.83. The highest BCUT2D eigenvalue weighted by atomic mass is 32.2. The number of ether oxygens (including phenoxy) is 1. The maximum absolute atomic E-state index is 13.0. The van der Waals surface area contributed by atoms with Crippen molar-refractivity contribution in [2.75, 3.05) is 24.1 Å². The first-order chi connectivity index (χ1) is 10.1. The molecule has 1 aromatic rings. The lowest BCUT2D eigenvalue weighted by Crippen LogP contribution is -2.42. The molecule has 6 heteroatoms. The van der Waals surface area contributed by atoms with Crippen LogP contribution in [0.3, 0.4) is 0 Å². The Labute approximate surface area is 125 Å². The maximum atomic E-state index is 13.0. The molecule has 1 saturated heterocycles. The number of aliphatic hydroxyl groups excluding tert-OH is 1. The molecule has 0 spiro atoms. The monoisotopic (exact) mass is 311 g/mol. The van der Waals surface area contributed by atoms with Crippen LogP contribution in [0.25, 0.3) is 0 Å². The Kier molecular flexibility index (Phi) is 4.19. The minimum absolute atomic E-state index is 0.380. The van der Waals surface area contributed by atoms with E-state index in [-0.39, 0.29) is 5.25 Å². The van der Waals surface area contributed by atoms with Crippen LogP contribution in [0.5, 0.6) is 0 Å². The first-order valence-corrected chi connectivity index (χ1v) is 8.97. The van der Waals surface area contributed by atoms with Gasteiger partial charge < -0.3 is 9.84 Å². The normalized spacial score (nSPS) is 24.4. The molecule has 0 radical (unpaired) electrons. The van der Waals surface area contributed by atoms with Crippen LogP contribution in [0.15, 0.2) is 24.3 Å². The van der Waals surface area contributed by atoms with Crippen LogP contribution < -0.4 is 4.31 Å². The number of benzene rings is 1. The maximum Gasteiger partial charge on any atom is 0.238 e. The lowest BCUT2D eigenvalue weighted by Gasteiger charge is -2.31. The number of rotatable bonds is 2. The van der Waals surface area contributed by atoms with E-state index in [2.05, 4.69) is 0 Å². The molecule has 0 saturated carbocycles. The molecule has 1 unspecified atom stereocenters. The van der Waals surface area contributed by atoms with E-state index in [1.807, 2.05) is 18.2 Å². The molecule has 21 heavy (non-hydrogen) atoms. The standard InChI is InChI=1S/C15H21NO4S/c17-15-6-3-9-16(14-5-2-1-4-13(14)15)21(18,19)12-7-10-20-11-8-12/h1-2,4-5,12,15,17H,3,6-11H2. The van der Waals surface area contributed by atoms with Crippen LogP contribution in [0.1, 0.15) is 37.4 Å². The number of para-hydroxylation sites is 1. The van der Waals surface area contributed by atoms with E-state index in [1.54, 1.807) is 6.07 Å². The molecule has 2 heterocycles. The molecule has 0 amide bonds. The van der Waals surface area contributed by atoms with Gasteiger partial charge in [-0.3, -0.25) is 4.31 Å². The number of hydrogen-bond donors (Lipinski definition) is 1. The van der Waals surface area contributed by atoms with E-state index in [9.17, 15) is 13.5 Å². The molecule has 116 valence electrons. The number of sulfonamides is 1. The van der Waals surface area contributed by atoms with E-state index in [0.29, 0.717) is 56.7 Å². The smallest absolute Gasteiger partial charge is 0.238 e. The van der Waals surface area contributed by atoms with Crippen molar-refractivity contribution in [1.82, 2.24) is 0 Å². The molecule has 1 fully saturated rings. The molecule has 0 bridgehead atoms. The van der Waals surface area contributed by atoms with Crippen molar-refractivity contribution in [3.8, 4) is 0 Å². The SMILES string of the molecule is O=S(=O)(C1CCOCC1)N1CCCC(O)c2ccccc21. The summed E-state index contributed by atoms with van der Waals surface area (Å²) >= 11 is 0. The lowest BCUT2D eigenvalue weighted by molar-refractivity contribution is 0.0983. The van der Waals surface area contributed by atoms with Crippen LogP contribution in [0.4, 0.5) is 5.69 Å². The molecule has 1 aromatic carbocycles. The van der Waals surface area contributed by atoms with Gasteiger partial charge in [-0.05, 0) is 31.7 Å². The van der Waals surface area contributed by atoms with Crippen molar-refractivity contribution < 1.29 is 18.3 Å². The van der Waals surface area contributed by atoms with E-state index in [1.165, 1.54) is 4.31 Å². The van der Waals surface area contributed by atoms with Gasteiger partial charge in [-0.1, -0.05) is 18.2 Å². The topological polar surface area (TPSA) is 66.8 Å². The third kappa shape index (κ3) is 2.80. The van der Waals surface area contributed by atoms with Gasteiger partial charge in [0, 0.05) is 25.3 Å². The minimum atomic E-state index is -3.40. The summed E-state index contributed by atoms with van der Waals surface area (Å²) in [6.45, 7) is 1.44. The molecule has 3 rings (SSSR count). The molecule has 0 aromatic heterocycles. The molecular formula is C15H21NO4S. The second-order valence-electron chi connectivity index (χ2n) is 5.65. The lowest BCUT2D eigenvalue weighted by atomic mass is 10.1. The highest BCUT2D eigenvalue weighted by Gasteiger charge is 2.36. The molecule has 0 aliphatic carbocycles. The fraction of sp³-hybridized carbons (Fsp3) is 0.600. The number of hydrogen-bond acceptors (Lipinski definition) is 4. The van der Waals surface area contributed by atoms with Crippen molar-refractivity contribution >= 4 is 15.7 Å². The van der Waals surface area contributed by atoms with E-state index >= 15 is 0 Å². The van der Waals surface area contributed by atoms with Crippen molar-refractivity contribution in [3.05, 3.63) is 29.8 Å². The molecule has 5 nitrogen and oxygen atoms in total. The van der Waals surface area contributed by atoms with Crippen LogP contribution >= 0.6 is 0 Å². The Bertz CT molecular complexity index is 595. The fourth-order valence-electron chi connectivity index (χ4n) is 3.12. The zero-order valence-corrected chi connectivity index (χ0v) is 12.8. The Hall–Kier alpha value is -1.11. The molecule has 1 N–H and O–H groups in total. The molecule has 1 atom stereocenters. The average Bonchev–Trinajstić information content (AvgIpc) is 2.68. The van der Waals surface area contributed by atoms with Crippen molar-refractivity contribution in [1.29, 1.82) is 0 Å². The summed E-state index contributed by atoms with van der Waals surface area (Å²) in [4.78, 5) is 0. The summed E-state index contributed by atoms with van der Waals surface area (Å²) < 4.78 is 32.7. The van der Waals surface area contributed by atoms with E-state index in [0.717, 1.165) is 0 Å². The number of nitrogens with zero attached hydrogens (tertiary/aromatic N) is 1. The Morgan fingerprint density at radius 2 is 1.86 bits per heavy atom. The van der Waals surface area contributed by atoms with Crippen LogP contribution in [0.2, 0.25) is 0 Å². The third-order valence-electron chi connectivity index (χ3n) is 4.30. The van der Waals surface area contributed by atoms with Gasteiger partial charge in [-0.15, -0.1) is 0 Å². The summed E-state index contributed by atoms with van der Waals surface area (Å²) in [5.41, 5.74) is 1.35. The fourth-order valence-corrected chi connectivity index (χ4v) is 5.09. The first kappa shape index (κ1) is 14.8. The van der Waals surface area contributed by atoms with E-state index < -0.39 is 16.1 Å². The van der Waals surface area contributed by atoms with Crippen molar-refractivity contribution in [3.63, 3.8) is 0 Å². The number of aliphatic hydroxyl groups is 1. The quantitative estimate of drug-likeness (QED) is 0.905. The van der Waals surface area contributed by atoms with E-state index in [4.69, 9.17) is 4.74 Å². The van der Waals surface area contributed by atoms with Crippen molar-refractivity contribution in [2.45, 2.75) is 37.0 Å². The van der Waals surface area contributed by atoms with Gasteiger partial charge in [-0.2, -0.15) is 0 Å². The first-order valence-electron chi connectivity index (χ1n) is 7.47. The molecular weight excluding hydrogens is 290 g/mol. The zero-order valence-electron chi connectivity index (χ0n) is 11.9. The van der Waals surface area contributed by atoms with Crippen LogP contribution in [-0.4, -0.2) is 38.5 Å². The van der Waals surface area contributed by atoms with Gasteiger partial charge >= 0.3 is 0 Å². The largest absolute Gasteiger partial charge is 0.388 e. The Morgan fingerprint density at radius 1 is 1.14 bits per heavy atom. The highest BCUT2D eigenvalue weighted by molar-refractivity contribution is 7.93. The Balaban J connectivity index is 1.99. The summed E-state index contributed by atoms with van der Waals surface area (Å²) in [5.74, 6) is 0. The predicted molar refractivity (Wildman–Crippen MR) is 80.7 cm³/mol. The zero-order chi connectivity index (χ0) is 14.9. The third-order valence-corrected chi connectivity index (χ3v) is 6.61. The summed E-state index contributed by atoms with van der Waals surface area (Å²) in [5, 5.41) is 9.81. The van der Waals surface area contributed by atoms with Crippen LogP contribution in [0, 0.1) is 0 Å². The van der Waals surface area contributed by atoms with Gasteiger partial charge in [0.2, 0.25) is 10.0 Å². The van der Waals surface area contributed by atoms with Gasteiger partial charge in [0.15, 0.2) is 0 Å². The summed E-state index contributed by atoms with van der Waals surface area (Å²) in [7, 11) is -3.40. The number of fused-ring (bicyclic) bond motifs is 1. The van der Waals surface area contributed by atoms with Crippen molar-refractivity contribution in [2.24, 2.45) is 0 Å². The minimum Gasteiger partial charge on any atom is -0.388 e. The molecule has 2 aliphatic heterocycles.